The molecule has 1 saturated carbocycles. The summed E-state index contributed by atoms with van der Waals surface area (Å²) < 4.78 is 18.8. The summed E-state index contributed by atoms with van der Waals surface area (Å²) in [7, 11) is 0. The summed E-state index contributed by atoms with van der Waals surface area (Å²) in [5.41, 5.74) is 0.390. The lowest BCUT2D eigenvalue weighted by atomic mass is 9.94. The highest BCUT2D eigenvalue weighted by Gasteiger charge is 2.38. The topological polar surface area (TPSA) is 37.2 Å². The van der Waals surface area contributed by atoms with E-state index in [0.717, 1.165) is 31.4 Å². The normalized spacial score (nSPS) is 16.6. The van der Waals surface area contributed by atoms with Crippen LogP contribution in [0.4, 0.5) is 10.1 Å². The summed E-state index contributed by atoms with van der Waals surface area (Å²) in [5.74, 6) is 0.618. The molecular weight excluding hydrogens is 287 g/mol. The Morgan fingerprint density at radius 3 is 2.67 bits per heavy atom. The number of anilines is 1. The predicted molar refractivity (Wildman–Crippen MR) is 84.6 cm³/mol. The first kappa shape index (κ1) is 14.1. The van der Waals surface area contributed by atoms with Crippen LogP contribution in [0.15, 0.2) is 47.1 Å². The third kappa shape index (κ3) is 3.08. The van der Waals surface area contributed by atoms with Crippen molar-refractivity contribution in [2.75, 3.05) is 5.32 Å². The van der Waals surface area contributed by atoms with E-state index in [-0.39, 0.29) is 11.4 Å². The Labute approximate surface area is 128 Å². The van der Waals surface area contributed by atoms with Crippen molar-refractivity contribution in [3.8, 4) is 0 Å². The first-order chi connectivity index (χ1) is 10.2. The van der Waals surface area contributed by atoms with Crippen molar-refractivity contribution >= 4 is 23.0 Å². The first-order valence-corrected chi connectivity index (χ1v) is 7.47. The lowest BCUT2D eigenvalue weighted by molar-refractivity contribution is 0.317. The highest BCUT2D eigenvalue weighted by molar-refractivity contribution is 7.80. The summed E-state index contributed by atoms with van der Waals surface area (Å²) in [4.78, 5) is 0. The molecule has 1 aliphatic carbocycles. The van der Waals surface area contributed by atoms with Gasteiger partial charge in [0.25, 0.3) is 0 Å². The van der Waals surface area contributed by atoms with Gasteiger partial charge in [0.05, 0.1) is 11.8 Å². The Morgan fingerprint density at radius 1 is 1.19 bits per heavy atom. The smallest absolute Gasteiger partial charge is 0.171 e. The quantitative estimate of drug-likeness (QED) is 0.834. The molecule has 3 rings (SSSR count). The summed E-state index contributed by atoms with van der Waals surface area (Å²) in [5, 5.41) is 6.89. The van der Waals surface area contributed by atoms with E-state index < -0.39 is 0 Å². The van der Waals surface area contributed by atoms with Crippen LogP contribution in [-0.2, 0) is 5.54 Å². The van der Waals surface area contributed by atoms with Gasteiger partial charge in [-0.15, -0.1) is 0 Å². The van der Waals surface area contributed by atoms with Gasteiger partial charge in [-0.3, -0.25) is 0 Å². The lowest BCUT2D eigenvalue weighted by Crippen LogP contribution is -2.45. The van der Waals surface area contributed by atoms with Crippen molar-refractivity contribution < 1.29 is 8.81 Å². The van der Waals surface area contributed by atoms with Gasteiger partial charge in [-0.25, -0.2) is 4.39 Å². The number of benzene rings is 1. The van der Waals surface area contributed by atoms with E-state index in [4.69, 9.17) is 16.6 Å². The number of furan rings is 1. The van der Waals surface area contributed by atoms with Crippen molar-refractivity contribution in [3.05, 3.63) is 54.2 Å². The number of nitrogens with one attached hydrogen (secondary N) is 2. The van der Waals surface area contributed by atoms with Crippen LogP contribution in [0.25, 0.3) is 0 Å². The summed E-state index contributed by atoms with van der Waals surface area (Å²) in [6, 6.07) is 10.1. The van der Waals surface area contributed by atoms with E-state index in [9.17, 15) is 4.39 Å². The molecule has 0 atom stereocenters. The zero-order valence-electron chi connectivity index (χ0n) is 11.6. The lowest BCUT2D eigenvalue weighted by Gasteiger charge is -2.29. The maximum absolute atomic E-state index is 13.2. The van der Waals surface area contributed by atoms with Crippen molar-refractivity contribution in [3.63, 3.8) is 0 Å². The average Bonchev–Trinajstić information content (AvgIpc) is 3.09. The van der Waals surface area contributed by atoms with Crippen molar-refractivity contribution in [2.45, 2.75) is 31.2 Å². The highest BCUT2D eigenvalue weighted by Crippen LogP contribution is 2.39. The Bertz CT molecular complexity index is 621. The van der Waals surface area contributed by atoms with Crippen LogP contribution in [0.2, 0.25) is 0 Å². The molecule has 0 bridgehead atoms. The van der Waals surface area contributed by atoms with Gasteiger partial charge in [-0.2, -0.15) is 0 Å². The van der Waals surface area contributed by atoms with Gasteiger partial charge in [0.15, 0.2) is 5.11 Å². The van der Waals surface area contributed by atoms with Gasteiger partial charge in [0.1, 0.15) is 11.6 Å². The molecule has 0 amide bonds. The molecule has 1 fully saturated rings. The molecule has 3 nitrogen and oxygen atoms in total. The van der Waals surface area contributed by atoms with Gasteiger partial charge in [-0.1, -0.05) is 18.9 Å². The fourth-order valence-electron chi connectivity index (χ4n) is 2.91. The molecule has 0 saturated heterocycles. The van der Waals surface area contributed by atoms with Crippen molar-refractivity contribution in [1.82, 2.24) is 5.32 Å². The summed E-state index contributed by atoms with van der Waals surface area (Å²) in [6.45, 7) is 0. The van der Waals surface area contributed by atoms with E-state index in [2.05, 4.69) is 10.6 Å². The van der Waals surface area contributed by atoms with Crippen LogP contribution in [0.1, 0.15) is 31.4 Å². The predicted octanol–water partition coefficient (Wildman–Crippen LogP) is 4.17. The molecular formula is C16H17FN2OS. The molecule has 5 heteroatoms. The largest absolute Gasteiger partial charge is 0.467 e. The number of halogens is 1. The minimum absolute atomic E-state index is 0.249. The molecule has 2 N–H and O–H groups in total. The second-order valence-corrected chi connectivity index (χ2v) is 5.76. The molecule has 0 aliphatic heterocycles. The monoisotopic (exact) mass is 304 g/mol. The van der Waals surface area contributed by atoms with Gasteiger partial charge in [0, 0.05) is 5.69 Å². The molecule has 1 aliphatic rings. The number of hydrogen-bond acceptors (Lipinski definition) is 2. The third-order valence-electron chi connectivity index (χ3n) is 3.89. The Kier molecular flexibility index (Phi) is 3.92. The van der Waals surface area contributed by atoms with E-state index in [1.54, 1.807) is 18.4 Å². The molecule has 1 heterocycles. The number of thiocarbonyl (C=S) groups is 1. The van der Waals surface area contributed by atoms with Gasteiger partial charge < -0.3 is 15.1 Å². The van der Waals surface area contributed by atoms with Gasteiger partial charge in [0.2, 0.25) is 0 Å². The maximum Gasteiger partial charge on any atom is 0.171 e. The number of hydrogen-bond donors (Lipinski definition) is 2. The zero-order valence-corrected chi connectivity index (χ0v) is 12.4. The molecule has 21 heavy (non-hydrogen) atoms. The maximum atomic E-state index is 13.2. The molecule has 110 valence electrons. The minimum atomic E-state index is -0.288. The Morgan fingerprint density at radius 2 is 2.00 bits per heavy atom. The van der Waals surface area contributed by atoms with E-state index >= 15 is 0 Å². The van der Waals surface area contributed by atoms with E-state index in [1.807, 2.05) is 12.1 Å². The van der Waals surface area contributed by atoms with Crippen molar-refractivity contribution in [1.29, 1.82) is 0 Å². The van der Waals surface area contributed by atoms with Gasteiger partial charge >= 0.3 is 0 Å². The highest BCUT2D eigenvalue weighted by atomic mass is 32.1. The Hall–Kier alpha value is -1.88. The molecule has 0 spiro atoms. The summed E-state index contributed by atoms with van der Waals surface area (Å²) in [6.07, 6.45) is 5.91. The van der Waals surface area contributed by atoms with Crippen LogP contribution in [0.5, 0.6) is 0 Å². The second-order valence-electron chi connectivity index (χ2n) is 5.36. The average molecular weight is 304 g/mol. The van der Waals surface area contributed by atoms with E-state index in [0.29, 0.717) is 10.8 Å². The molecule has 1 aromatic carbocycles. The summed E-state index contributed by atoms with van der Waals surface area (Å²) >= 11 is 5.38. The third-order valence-corrected chi connectivity index (χ3v) is 4.09. The van der Waals surface area contributed by atoms with E-state index in [1.165, 1.54) is 12.1 Å². The standard InChI is InChI=1S/C16H17FN2OS/c17-12-5-3-6-13(11-12)18-15(21)19-16(8-1-2-9-16)14-7-4-10-20-14/h3-7,10-11H,1-2,8-9H2,(H2,18,19,21). The zero-order chi connectivity index (χ0) is 14.7. The van der Waals surface area contributed by atoms with Crippen LogP contribution >= 0.6 is 12.2 Å². The fraction of sp³-hybridized carbons (Fsp3) is 0.312. The van der Waals surface area contributed by atoms with Crippen LogP contribution in [0.3, 0.4) is 0 Å². The minimum Gasteiger partial charge on any atom is -0.467 e. The Balaban J connectivity index is 1.73. The molecule has 1 aromatic heterocycles. The van der Waals surface area contributed by atoms with Gasteiger partial charge in [-0.05, 0) is 55.4 Å². The van der Waals surface area contributed by atoms with Crippen molar-refractivity contribution in [2.24, 2.45) is 0 Å². The molecule has 0 unspecified atom stereocenters. The molecule has 0 radical (unpaired) electrons. The van der Waals surface area contributed by atoms with Crippen LogP contribution < -0.4 is 10.6 Å². The fourth-order valence-corrected chi connectivity index (χ4v) is 3.22. The second kappa shape index (κ2) is 5.85. The SMILES string of the molecule is Fc1cccc(NC(=S)NC2(c3ccco3)CCCC2)c1. The number of rotatable bonds is 3. The first-order valence-electron chi connectivity index (χ1n) is 7.07. The van der Waals surface area contributed by atoms with Crippen LogP contribution in [-0.4, -0.2) is 5.11 Å². The van der Waals surface area contributed by atoms with Crippen LogP contribution in [0, 0.1) is 5.82 Å². The molecule has 2 aromatic rings.